The van der Waals surface area contributed by atoms with E-state index in [-0.39, 0.29) is 5.91 Å². The smallest absolute Gasteiger partial charge is 0.253 e. The highest BCUT2D eigenvalue weighted by Crippen LogP contribution is 2.21. The van der Waals surface area contributed by atoms with Gasteiger partial charge in [0, 0.05) is 36.4 Å². The fourth-order valence-electron chi connectivity index (χ4n) is 2.27. The van der Waals surface area contributed by atoms with Crippen LogP contribution in [-0.2, 0) is 0 Å². The molecule has 1 saturated heterocycles. The van der Waals surface area contributed by atoms with Crippen LogP contribution in [0.4, 0.5) is 0 Å². The zero-order valence-corrected chi connectivity index (χ0v) is 10.8. The van der Waals surface area contributed by atoms with Crippen molar-refractivity contribution in [3.05, 3.63) is 29.6 Å². The molecule has 2 rings (SSSR count). The summed E-state index contributed by atoms with van der Waals surface area (Å²) in [6.07, 6.45) is 3.76. The van der Waals surface area contributed by atoms with Crippen LogP contribution in [0.15, 0.2) is 18.3 Å². The van der Waals surface area contributed by atoms with Crippen molar-refractivity contribution in [1.82, 2.24) is 9.88 Å². The Hall–Kier alpha value is -1.09. The maximum absolute atomic E-state index is 12.2. The Labute approximate surface area is 107 Å². The normalized spacial score (nSPS) is 19.6. The van der Waals surface area contributed by atoms with Crippen molar-refractivity contribution in [2.24, 2.45) is 5.92 Å². The molecule has 1 unspecified atom stereocenters. The first-order chi connectivity index (χ1) is 8.20. The molecule has 92 valence electrons. The summed E-state index contributed by atoms with van der Waals surface area (Å²) in [5.74, 6) is 1.37. The monoisotopic (exact) mass is 252 g/mol. The molecule has 17 heavy (non-hydrogen) atoms. The molecule has 1 aromatic rings. The van der Waals surface area contributed by atoms with E-state index in [2.05, 4.69) is 4.98 Å². The molecule has 1 atom stereocenters. The number of hydrogen-bond acceptors (Lipinski definition) is 2. The third-order valence-electron chi connectivity index (χ3n) is 3.23. The second-order valence-electron chi connectivity index (χ2n) is 4.57. The maximum Gasteiger partial charge on any atom is 0.253 e. The van der Waals surface area contributed by atoms with Crippen LogP contribution in [0, 0.1) is 12.8 Å². The molecule has 1 aliphatic rings. The van der Waals surface area contributed by atoms with Gasteiger partial charge in [0.2, 0.25) is 0 Å². The van der Waals surface area contributed by atoms with Crippen molar-refractivity contribution >= 4 is 17.5 Å². The Morgan fingerprint density at radius 1 is 1.65 bits per heavy atom. The van der Waals surface area contributed by atoms with E-state index in [1.54, 1.807) is 12.3 Å². The summed E-state index contributed by atoms with van der Waals surface area (Å²) in [6, 6.07) is 3.63. The number of rotatable bonds is 3. The van der Waals surface area contributed by atoms with Gasteiger partial charge in [-0.3, -0.25) is 9.78 Å². The van der Waals surface area contributed by atoms with E-state index in [4.69, 9.17) is 11.6 Å². The Kier molecular flexibility index (Phi) is 4.00. The third kappa shape index (κ3) is 2.97. The van der Waals surface area contributed by atoms with E-state index in [1.165, 1.54) is 0 Å². The second kappa shape index (κ2) is 5.50. The highest BCUT2D eigenvalue weighted by molar-refractivity contribution is 6.17. The quantitative estimate of drug-likeness (QED) is 0.775. The summed E-state index contributed by atoms with van der Waals surface area (Å²) in [7, 11) is 0. The molecule has 0 N–H and O–H groups in total. The maximum atomic E-state index is 12.2. The molecule has 1 amide bonds. The number of alkyl halides is 1. The third-order valence-corrected chi connectivity index (χ3v) is 3.45. The highest BCUT2D eigenvalue weighted by Gasteiger charge is 2.26. The molecule has 0 bridgehead atoms. The zero-order valence-electron chi connectivity index (χ0n) is 10.0. The number of nitrogens with zero attached hydrogens (tertiary/aromatic N) is 2. The van der Waals surface area contributed by atoms with Crippen molar-refractivity contribution in [3.63, 3.8) is 0 Å². The summed E-state index contributed by atoms with van der Waals surface area (Å²) in [5, 5.41) is 0. The Balaban J connectivity index is 2.02. The van der Waals surface area contributed by atoms with Gasteiger partial charge in [-0.05, 0) is 37.8 Å². The van der Waals surface area contributed by atoms with Crippen molar-refractivity contribution in [3.8, 4) is 0 Å². The van der Waals surface area contributed by atoms with Crippen molar-refractivity contribution < 1.29 is 4.79 Å². The topological polar surface area (TPSA) is 33.2 Å². The summed E-state index contributed by atoms with van der Waals surface area (Å²) >= 11 is 5.73. The summed E-state index contributed by atoms with van der Waals surface area (Å²) in [6.45, 7) is 3.59. The van der Waals surface area contributed by atoms with Crippen LogP contribution < -0.4 is 0 Å². The summed E-state index contributed by atoms with van der Waals surface area (Å²) in [5.41, 5.74) is 1.62. The lowest BCUT2D eigenvalue weighted by Gasteiger charge is -2.16. The number of aromatic nitrogens is 1. The van der Waals surface area contributed by atoms with Gasteiger partial charge in [0.05, 0.1) is 0 Å². The average Bonchev–Trinajstić information content (AvgIpc) is 2.77. The minimum absolute atomic E-state index is 0.118. The predicted octanol–water partition coefficient (Wildman–Crippen LogP) is 2.48. The van der Waals surface area contributed by atoms with E-state index >= 15 is 0 Å². The van der Waals surface area contributed by atoms with Crippen LogP contribution >= 0.6 is 11.6 Å². The first-order valence-electron chi connectivity index (χ1n) is 5.98. The van der Waals surface area contributed by atoms with Crippen LogP contribution in [0.5, 0.6) is 0 Å². The molecule has 0 spiro atoms. The zero-order chi connectivity index (χ0) is 12.3. The lowest BCUT2D eigenvalue weighted by atomic mass is 10.1. The van der Waals surface area contributed by atoms with E-state index < -0.39 is 0 Å². The van der Waals surface area contributed by atoms with E-state index in [0.29, 0.717) is 11.8 Å². The van der Waals surface area contributed by atoms with Crippen LogP contribution in [0.2, 0.25) is 0 Å². The Morgan fingerprint density at radius 2 is 2.47 bits per heavy atom. The van der Waals surface area contributed by atoms with Gasteiger partial charge >= 0.3 is 0 Å². The largest absolute Gasteiger partial charge is 0.338 e. The Bertz CT molecular complexity index is 408. The second-order valence-corrected chi connectivity index (χ2v) is 4.95. The molecule has 0 saturated carbocycles. The van der Waals surface area contributed by atoms with Gasteiger partial charge in [-0.1, -0.05) is 0 Å². The number of carbonyl (C=O) groups is 1. The molecule has 1 aromatic heterocycles. The standard InChI is InChI=1S/C13H17ClN2O/c1-10-8-12(3-6-15-10)13(17)16-7-4-11(9-16)2-5-14/h3,6,8,11H,2,4-5,7,9H2,1H3. The van der Waals surface area contributed by atoms with Gasteiger partial charge < -0.3 is 4.90 Å². The van der Waals surface area contributed by atoms with E-state index in [1.807, 2.05) is 17.9 Å². The average molecular weight is 253 g/mol. The molecule has 4 heteroatoms. The molecule has 0 aliphatic carbocycles. The number of amides is 1. The first kappa shape index (κ1) is 12.4. The lowest BCUT2D eigenvalue weighted by molar-refractivity contribution is 0.0786. The SMILES string of the molecule is Cc1cc(C(=O)N2CCC(CCCl)C2)ccn1. The molecule has 0 radical (unpaired) electrons. The molecule has 1 aliphatic heterocycles. The van der Waals surface area contributed by atoms with Crippen LogP contribution in [-0.4, -0.2) is 34.8 Å². The van der Waals surface area contributed by atoms with Crippen LogP contribution in [0.25, 0.3) is 0 Å². The molecule has 1 fully saturated rings. The minimum atomic E-state index is 0.118. The number of halogens is 1. The summed E-state index contributed by atoms with van der Waals surface area (Å²) < 4.78 is 0. The van der Waals surface area contributed by atoms with Crippen molar-refractivity contribution in [2.75, 3.05) is 19.0 Å². The fraction of sp³-hybridized carbons (Fsp3) is 0.538. The van der Waals surface area contributed by atoms with Crippen LogP contribution in [0.1, 0.15) is 28.9 Å². The minimum Gasteiger partial charge on any atom is -0.338 e. The first-order valence-corrected chi connectivity index (χ1v) is 6.52. The fourth-order valence-corrected chi connectivity index (χ4v) is 2.58. The van der Waals surface area contributed by atoms with Gasteiger partial charge in [-0.25, -0.2) is 0 Å². The lowest BCUT2D eigenvalue weighted by Crippen LogP contribution is -2.28. The molecule has 0 aromatic carbocycles. The number of hydrogen-bond donors (Lipinski definition) is 0. The van der Waals surface area contributed by atoms with Crippen LogP contribution in [0.3, 0.4) is 0 Å². The molecular weight excluding hydrogens is 236 g/mol. The summed E-state index contributed by atoms with van der Waals surface area (Å²) in [4.78, 5) is 18.2. The van der Waals surface area contributed by atoms with Gasteiger partial charge in [0.15, 0.2) is 0 Å². The number of pyridine rings is 1. The van der Waals surface area contributed by atoms with Gasteiger partial charge in [0.25, 0.3) is 5.91 Å². The van der Waals surface area contributed by atoms with Crippen molar-refractivity contribution in [1.29, 1.82) is 0 Å². The number of likely N-dealkylation sites (tertiary alicyclic amines) is 1. The Morgan fingerprint density at radius 3 is 3.18 bits per heavy atom. The number of carbonyl (C=O) groups excluding carboxylic acids is 1. The highest BCUT2D eigenvalue weighted by atomic mass is 35.5. The predicted molar refractivity (Wildman–Crippen MR) is 68.3 cm³/mol. The molecule has 2 heterocycles. The van der Waals surface area contributed by atoms with E-state index in [0.717, 1.165) is 37.2 Å². The van der Waals surface area contributed by atoms with Gasteiger partial charge in [0.1, 0.15) is 0 Å². The number of aryl methyl sites for hydroxylation is 1. The molecule has 3 nitrogen and oxygen atoms in total. The molecular formula is C13H17ClN2O. The van der Waals surface area contributed by atoms with E-state index in [9.17, 15) is 4.79 Å². The van der Waals surface area contributed by atoms with Gasteiger partial charge in [-0.15, -0.1) is 11.6 Å². The van der Waals surface area contributed by atoms with Gasteiger partial charge in [-0.2, -0.15) is 0 Å². The van der Waals surface area contributed by atoms with Crippen molar-refractivity contribution in [2.45, 2.75) is 19.8 Å².